The summed E-state index contributed by atoms with van der Waals surface area (Å²) in [7, 11) is -3.79. The highest BCUT2D eigenvalue weighted by atomic mass is 35.5. The second kappa shape index (κ2) is 9.06. The Balaban J connectivity index is 2.03. The van der Waals surface area contributed by atoms with Crippen molar-refractivity contribution in [1.29, 1.82) is 0 Å². The van der Waals surface area contributed by atoms with E-state index in [4.69, 9.17) is 23.2 Å². The van der Waals surface area contributed by atoms with Gasteiger partial charge in [-0.3, -0.25) is 0 Å². The van der Waals surface area contributed by atoms with Crippen LogP contribution in [0.5, 0.6) is 0 Å². The lowest BCUT2D eigenvalue weighted by atomic mass is 10.1. The minimum Gasteiger partial charge on any atom is -0.206 e. The molecule has 0 saturated heterocycles. The number of nitrogens with one attached hydrogen (secondary N) is 1. The number of amides is 2. The molecule has 3 rings (SSSR count). The van der Waals surface area contributed by atoms with Crippen LogP contribution in [0.25, 0.3) is 0 Å². The molecule has 1 aliphatic rings. The Kier molecular flexibility index (Phi) is 6.87. The van der Waals surface area contributed by atoms with Gasteiger partial charge >= 0.3 is 6.03 Å². The van der Waals surface area contributed by atoms with Gasteiger partial charge in [0.05, 0.1) is 10.8 Å². The Labute approximate surface area is 187 Å². The summed E-state index contributed by atoms with van der Waals surface area (Å²) < 4.78 is 27.0. The largest absolute Gasteiger partial charge is 0.441 e. The van der Waals surface area contributed by atoms with Gasteiger partial charge in [-0.05, 0) is 24.6 Å². The zero-order valence-corrected chi connectivity index (χ0v) is 19.2. The van der Waals surface area contributed by atoms with Crippen molar-refractivity contribution >= 4 is 56.5 Å². The van der Waals surface area contributed by atoms with Gasteiger partial charge in [0.1, 0.15) is 12.2 Å². The van der Waals surface area contributed by atoms with E-state index in [1.54, 1.807) is 43.3 Å². The smallest absolute Gasteiger partial charge is 0.206 e. The Morgan fingerprint density at radius 3 is 2.57 bits per heavy atom. The average Bonchev–Trinajstić information content (AvgIpc) is 2.96. The van der Waals surface area contributed by atoms with E-state index in [-0.39, 0.29) is 12.3 Å². The van der Waals surface area contributed by atoms with Gasteiger partial charge in [0.2, 0.25) is 15.9 Å². The van der Waals surface area contributed by atoms with Crippen LogP contribution < -0.4 is 9.21 Å². The number of hydrogen-bond acceptors (Lipinski definition) is 4. The van der Waals surface area contributed by atoms with Gasteiger partial charge in [-0.25, -0.2) is 17.9 Å². The molecule has 1 atom stereocenters. The lowest BCUT2D eigenvalue weighted by Gasteiger charge is -2.31. The number of para-hydroxylation sites is 2. The second-order valence-electron chi connectivity index (χ2n) is 7.28. The molecule has 6 nitrogen and oxygen atoms in total. The topological polar surface area (TPSA) is 75.6 Å². The molecule has 9 heteroatoms. The third-order valence-corrected chi connectivity index (χ3v) is 7.06. The van der Waals surface area contributed by atoms with Gasteiger partial charge in [-0.2, -0.15) is 9.48 Å². The number of carbonyl (C=O) groups excluding carboxylic acids is 1. The normalized spacial score (nSPS) is 18.1. The van der Waals surface area contributed by atoms with Crippen molar-refractivity contribution in [1.82, 2.24) is 9.21 Å². The van der Waals surface area contributed by atoms with E-state index >= 15 is 0 Å². The van der Waals surface area contributed by atoms with Crippen LogP contribution in [0.1, 0.15) is 38.7 Å². The number of urea groups is 1. The lowest BCUT2D eigenvalue weighted by molar-refractivity contribution is 0.225. The monoisotopic (exact) mass is 468 g/mol. The fraction of sp³-hybridized carbons (Fsp3) is 0.333. The molecular formula is C21H24Cl2N3O3S+. The first-order valence-electron chi connectivity index (χ1n) is 9.72. The number of fused-ring (bicyclic) bond motifs is 1. The number of quaternary nitrogens is 1. The number of benzene rings is 2. The molecule has 2 amide bonds. The van der Waals surface area contributed by atoms with Crippen molar-refractivity contribution in [3.8, 4) is 0 Å². The molecular weight excluding hydrogens is 445 g/mol. The van der Waals surface area contributed by atoms with Crippen LogP contribution >= 0.6 is 23.2 Å². The molecule has 160 valence electrons. The second-order valence-corrected chi connectivity index (χ2v) is 9.97. The van der Waals surface area contributed by atoms with Crippen LogP contribution in [0.2, 0.25) is 10.0 Å². The molecule has 1 N–H and O–H groups in total. The number of aliphatic imine (C=N–C) groups is 1. The number of sulfonamides is 1. The van der Waals surface area contributed by atoms with Gasteiger partial charge in [0.15, 0.2) is 5.69 Å². The number of rotatable bonds is 7. The molecule has 2 aromatic rings. The first-order chi connectivity index (χ1) is 14.2. The van der Waals surface area contributed by atoms with E-state index in [1.165, 1.54) is 0 Å². The highest BCUT2D eigenvalue weighted by molar-refractivity contribution is 7.90. The molecule has 2 aromatic carbocycles. The fourth-order valence-corrected chi connectivity index (χ4v) is 5.13. The predicted octanol–water partition coefficient (Wildman–Crippen LogP) is 5.79. The fourth-order valence-electron chi connectivity index (χ4n) is 3.55. The molecule has 1 aliphatic heterocycles. The Hall–Kier alpha value is -1.93. The summed E-state index contributed by atoms with van der Waals surface area (Å²) in [6.07, 6.45) is 2.16. The highest BCUT2D eigenvalue weighted by Crippen LogP contribution is 2.43. The van der Waals surface area contributed by atoms with Crippen LogP contribution in [-0.2, 0) is 16.6 Å². The molecule has 1 heterocycles. The van der Waals surface area contributed by atoms with Gasteiger partial charge in [-0.1, -0.05) is 61.2 Å². The zero-order valence-electron chi connectivity index (χ0n) is 16.9. The summed E-state index contributed by atoms with van der Waals surface area (Å²) >= 11 is 12.4. The minimum absolute atomic E-state index is 0.105. The Morgan fingerprint density at radius 1 is 1.13 bits per heavy atom. The SMILES string of the molecule is CCCCCS(=O)(=O)NC(=O)[N+]1(Cc2ccc(Cl)cc2Cl)C(C)=Nc2ccccc21. The van der Waals surface area contributed by atoms with Crippen molar-refractivity contribution in [3.05, 3.63) is 58.1 Å². The molecule has 1 unspecified atom stereocenters. The van der Waals surface area contributed by atoms with Crippen LogP contribution in [0, 0.1) is 0 Å². The first-order valence-corrected chi connectivity index (χ1v) is 12.1. The third-order valence-electron chi connectivity index (χ3n) is 5.16. The number of nitrogens with zero attached hydrogens (tertiary/aromatic N) is 2. The molecule has 0 aliphatic carbocycles. The van der Waals surface area contributed by atoms with Crippen molar-refractivity contribution in [2.24, 2.45) is 4.99 Å². The average molecular weight is 469 g/mol. The van der Waals surface area contributed by atoms with Gasteiger partial charge in [-0.15, -0.1) is 0 Å². The summed E-state index contributed by atoms with van der Waals surface area (Å²) in [5.41, 5.74) is 1.88. The summed E-state index contributed by atoms with van der Waals surface area (Å²) in [6, 6.07) is 11.5. The van der Waals surface area contributed by atoms with E-state index in [9.17, 15) is 13.2 Å². The third kappa shape index (κ3) is 4.54. The van der Waals surface area contributed by atoms with Crippen molar-refractivity contribution in [2.75, 3.05) is 5.75 Å². The lowest BCUT2D eigenvalue weighted by Crippen LogP contribution is -2.60. The maximum absolute atomic E-state index is 13.5. The number of carbonyl (C=O) groups is 1. The Morgan fingerprint density at radius 2 is 1.87 bits per heavy atom. The number of unbranched alkanes of at least 4 members (excludes halogenated alkanes) is 2. The number of hydrogen-bond donors (Lipinski definition) is 1. The van der Waals surface area contributed by atoms with E-state index < -0.39 is 20.5 Å². The number of halogens is 2. The molecule has 0 radical (unpaired) electrons. The van der Waals surface area contributed by atoms with Crippen LogP contribution in [0.3, 0.4) is 0 Å². The van der Waals surface area contributed by atoms with Crippen molar-refractivity contribution in [2.45, 2.75) is 39.7 Å². The molecule has 30 heavy (non-hydrogen) atoms. The molecule has 0 bridgehead atoms. The molecule has 0 spiro atoms. The van der Waals surface area contributed by atoms with Gasteiger partial charge < -0.3 is 0 Å². The minimum atomic E-state index is -3.79. The zero-order chi connectivity index (χ0) is 21.9. The van der Waals surface area contributed by atoms with Gasteiger partial charge in [0.25, 0.3) is 0 Å². The Bertz CT molecular complexity index is 1100. The maximum Gasteiger partial charge on any atom is 0.441 e. The summed E-state index contributed by atoms with van der Waals surface area (Å²) in [4.78, 5) is 18.0. The summed E-state index contributed by atoms with van der Waals surface area (Å²) in [5.74, 6) is 0.357. The van der Waals surface area contributed by atoms with E-state index in [2.05, 4.69) is 9.71 Å². The molecule has 0 aromatic heterocycles. The number of amidine groups is 1. The standard InChI is InChI=1S/C21H23Cl2N3O3S/c1-3-4-7-12-30(28,29)25-21(27)26(14-16-10-11-17(22)13-18(16)23)15(2)24-19-8-5-6-9-20(19)26/h5-6,8-11,13H,3-4,7,12,14H2,1-2H3/p+1. The quantitative estimate of drug-likeness (QED) is 0.412. The van der Waals surface area contributed by atoms with E-state index in [1.807, 2.05) is 13.0 Å². The predicted molar refractivity (Wildman–Crippen MR) is 123 cm³/mol. The molecule has 0 fully saturated rings. The first kappa shape index (κ1) is 22.7. The summed E-state index contributed by atoms with van der Waals surface area (Å²) in [5, 5.41) is 0.876. The highest BCUT2D eigenvalue weighted by Gasteiger charge is 2.50. The van der Waals surface area contributed by atoms with E-state index in [0.29, 0.717) is 39.2 Å². The maximum atomic E-state index is 13.5. The van der Waals surface area contributed by atoms with Crippen LogP contribution in [0.4, 0.5) is 16.2 Å². The van der Waals surface area contributed by atoms with Crippen molar-refractivity contribution in [3.63, 3.8) is 0 Å². The molecule has 0 saturated carbocycles. The van der Waals surface area contributed by atoms with Crippen LogP contribution in [0.15, 0.2) is 47.5 Å². The summed E-state index contributed by atoms with van der Waals surface area (Å²) in [6.45, 7) is 3.81. The van der Waals surface area contributed by atoms with Crippen molar-refractivity contribution < 1.29 is 13.2 Å². The van der Waals surface area contributed by atoms with E-state index in [0.717, 1.165) is 12.8 Å². The van der Waals surface area contributed by atoms with Crippen LogP contribution in [-0.4, -0.2) is 26.0 Å². The van der Waals surface area contributed by atoms with Gasteiger partial charge in [0, 0.05) is 23.6 Å².